The van der Waals surface area contributed by atoms with Crippen LogP contribution in [-0.2, 0) is 12.8 Å². The predicted molar refractivity (Wildman–Crippen MR) is 85.4 cm³/mol. The first-order chi connectivity index (χ1) is 10.2. The van der Waals surface area contributed by atoms with E-state index in [9.17, 15) is 4.79 Å². The summed E-state index contributed by atoms with van der Waals surface area (Å²) in [5.74, 6) is 0.0136. The molecule has 108 valence electrons. The Hall–Kier alpha value is -2.09. The summed E-state index contributed by atoms with van der Waals surface area (Å²) in [7, 11) is 0. The minimum atomic E-state index is 0.0136. The van der Waals surface area contributed by atoms with Crippen LogP contribution >= 0.6 is 0 Å². The standard InChI is InChI=1S/C19H21NO/c1-14(15-7-3-2-4-8-15)20-19(21)18-12-11-16-9-5-6-10-17(16)13-18/h2-4,7-8,11-14H,5-6,9-10H2,1H3,(H,20,21)/t14-/m0/s1. The molecular weight excluding hydrogens is 258 g/mol. The van der Waals surface area contributed by atoms with Gasteiger partial charge in [-0.3, -0.25) is 4.79 Å². The third-order valence-corrected chi connectivity index (χ3v) is 4.26. The Bertz CT molecular complexity index is 633. The lowest BCUT2D eigenvalue weighted by molar-refractivity contribution is 0.0939. The minimum absolute atomic E-state index is 0.0136. The Kier molecular flexibility index (Phi) is 4.05. The zero-order valence-corrected chi connectivity index (χ0v) is 12.4. The number of rotatable bonds is 3. The van der Waals surface area contributed by atoms with Crippen molar-refractivity contribution >= 4 is 5.91 Å². The molecule has 3 rings (SSSR count). The lowest BCUT2D eigenvalue weighted by atomic mass is 9.90. The molecule has 0 saturated heterocycles. The van der Waals surface area contributed by atoms with Crippen molar-refractivity contribution in [3.8, 4) is 0 Å². The van der Waals surface area contributed by atoms with Crippen LogP contribution in [-0.4, -0.2) is 5.91 Å². The van der Waals surface area contributed by atoms with Crippen LogP contribution in [0.25, 0.3) is 0 Å². The van der Waals surface area contributed by atoms with Crippen LogP contribution < -0.4 is 5.32 Å². The largest absolute Gasteiger partial charge is 0.346 e. The van der Waals surface area contributed by atoms with Gasteiger partial charge in [0.05, 0.1) is 6.04 Å². The van der Waals surface area contributed by atoms with Gasteiger partial charge >= 0.3 is 0 Å². The van der Waals surface area contributed by atoms with E-state index in [0.29, 0.717) is 0 Å². The van der Waals surface area contributed by atoms with Gasteiger partial charge in [-0.25, -0.2) is 0 Å². The van der Waals surface area contributed by atoms with Crippen LogP contribution in [0.4, 0.5) is 0 Å². The molecule has 0 saturated carbocycles. The van der Waals surface area contributed by atoms with E-state index in [4.69, 9.17) is 0 Å². The van der Waals surface area contributed by atoms with Crippen LogP contribution in [0.1, 0.15) is 52.9 Å². The summed E-state index contributed by atoms with van der Waals surface area (Å²) in [4.78, 5) is 12.4. The fourth-order valence-corrected chi connectivity index (χ4v) is 2.98. The van der Waals surface area contributed by atoms with Crippen molar-refractivity contribution in [3.05, 3.63) is 70.8 Å². The summed E-state index contributed by atoms with van der Waals surface area (Å²) in [6.45, 7) is 2.02. The first-order valence-corrected chi connectivity index (χ1v) is 7.71. The number of fused-ring (bicyclic) bond motifs is 1. The molecule has 0 aromatic heterocycles. The molecular formula is C19H21NO. The van der Waals surface area contributed by atoms with Gasteiger partial charge in [0.2, 0.25) is 0 Å². The number of amides is 1. The van der Waals surface area contributed by atoms with Gasteiger partial charge in [0.25, 0.3) is 5.91 Å². The highest BCUT2D eigenvalue weighted by Crippen LogP contribution is 2.22. The second kappa shape index (κ2) is 6.13. The normalized spacial score (nSPS) is 15.1. The number of hydrogen-bond donors (Lipinski definition) is 1. The molecule has 0 aliphatic heterocycles. The van der Waals surface area contributed by atoms with E-state index >= 15 is 0 Å². The van der Waals surface area contributed by atoms with Crippen molar-refractivity contribution in [2.75, 3.05) is 0 Å². The monoisotopic (exact) mass is 279 g/mol. The SMILES string of the molecule is C[C@H](NC(=O)c1ccc2c(c1)CCCC2)c1ccccc1. The lowest BCUT2D eigenvalue weighted by Gasteiger charge is -2.18. The Balaban J connectivity index is 1.73. The number of benzene rings is 2. The van der Waals surface area contributed by atoms with Gasteiger partial charge in [-0.1, -0.05) is 36.4 Å². The van der Waals surface area contributed by atoms with Gasteiger partial charge in [-0.05, 0) is 61.4 Å². The van der Waals surface area contributed by atoms with E-state index in [2.05, 4.69) is 17.4 Å². The molecule has 0 bridgehead atoms. The topological polar surface area (TPSA) is 29.1 Å². The molecule has 0 spiro atoms. The van der Waals surface area contributed by atoms with E-state index < -0.39 is 0 Å². The Morgan fingerprint density at radius 2 is 1.71 bits per heavy atom. The van der Waals surface area contributed by atoms with Crippen molar-refractivity contribution in [2.45, 2.75) is 38.6 Å². The second-order valence-electron chi connectivity index (χ2n) is 5.80. The zero-order chi connectivity index (χ0) is 14.7. The average Bonchev–Trinajstić information content (AvgIpc) is 2.55. The summed E-state index contributed by atoms with van der Waals surface area (Å²) in [5, 5.41) is 3.08. The highest BCUT2D eigenvalue weighted by molar-refractivity contribution is 5.94. The Morgan fingerprint density at radius 1 is 1.00 bits per heavy atom. The molecule has 0 radical (unpaired) electrons. The number of nitrogens with one attached hydrogen (secondary N) is 1. The van der Waals surface area contributed by atoms with Crippen LogP contribution in [0.5, 0.6) is 0 Å². The Morgan fingerprint density at radius 3 is 2.48 bits per heavy atom. The number of carbonyl (C=O) groups is 1. The summed E-state index contributed by atoms with van der Waals surface area (Å²) in [6, 6.07) is 16.2. The van der Waals surface area contributed by atoms with Gasteiger partial charge in [0.1, 0.15) is 0 Å². The summed E-state index contributed by atoms with van der Waals surface area (Å²) >= 11 is 0. The maximum Gasteiger partial charge on any atom is 0.251 e. The number of hydrogen-bond acceptors (Lipinski definition) is 1. The molecule has 1 atom stereocenters. The minimum Gasteiger partial charge on any atom is -0.346 e. The maximum atomic E-state index is 12.4. The molecule has 1 N–H and O–H groups in total. The van der Waals surface area contributed by atoms with E-state index in [1.54, 1.807) is 0 Å². The fourth-order valence-electron chi connectivity index (χ4n) is 2.98. The molecule has 0 unspecified atom stereocenters. The molecule has 2 nitrogen and oxygen atoms in total. The molecule has 2 aromatic carbocycles. The van der Waals surface area contributed by atoms with Gasteiger partial charge in [0.15, 0.2) is 0 Å². The molecule has 0 fully saturated rings. The molecule has 21 heavy (non-hydrogen) atoms. The summed E-state index contributed by atoms with van der Waals surface area (Å²) in [6.07, 6.45) is 4.75. The molecule has 2 aromatic rings. The van der Waals surface area contributed by atoms with E-state index in [0.717, 1.165) is 24.0 Å². The van der Waals surface area contributed by atoms with Crippen molar-refractivity contribution in [2.24, 2.45) is 0 Å². The highest BCUT2D eigenvalue weighted by atomic mass is 16.1. The fraction of sp³-hybridized carbons (Fsp3) is 0.316. The van der Waals surface area contributed by atoms with Gasteiger partial charge in [-0.2, -0.15) is 0 Å². The lowest BCUT2D eigenvalue weighted by Crippen LogP contribution is -2.26. The van der Waals surface area contributed by atoms with Crippen LogP contribution in [0, 0.1) is 0 Å². The van der Waals surface area contributed by atoms with Crippen LogP contribution in [0.3, 0.4) is 0 Å². The first kappa shape index (κ1) is 13.9. The molecule has 1 amide bonds. The van der Waals surface area contributed by atoms with Gasteiger partial charge < -0.3 is 5.32 Å². The van der Waals surface area contributed by atoms with Gasteiger partial charge in [0, 0.05) is 5.56 Å². The second-order valence-corrected chi connectivity index (χ2v) is 5.80. The van der Waals surface area contributed by atoms with E-state index in [1.807, 2.05) is 43.3 Å². The van der Waals surface area contributed by atoms with E-state index in [-0.39, 0.29) is 11.9 Å². The van der Waals surface area contributed by atoms with Gasteiger partial charge in [-0.15, -0.1) is 0 Å². The third kappa shape index (κ3) is 3.15. The molecule has 0 heterocycles. The Labute approximate surface area is 126 Å². The molecule has 1 aliphatic carbocycles. The van der Waals surface area contributed by atoms with Crippen molar-refractivity contribution in [1.29, 1.82) is 0 Å². The third-order valence-electron chi connectivity index (χ3n) is 4.26. The quantitative estimate of drug-likeness (QED) is 0.902. The predicted octanol–water partition coefficient (Wildman–Crippen LogP) is 4.06. The van der Waals surface area contributed by atoms with Crippen LogP contribution in [0.2, 0.25) is 0 Å². The summed E-state index contributed by atoms with van der Waals surface area (Å²) in [5.41, 5.74) is 4.66. The average molecular weight is 279 g/mol. The molecule has 2 heteroatoms. The highest BCUT2D eigenvalue weighted by Gasteiger charge is 2.14. The first-order valence-electron chi connectivity index (χ1n) is 7.71. The summed E-state index contributed by atoms with van der Waals surface area (Å²) < 4.78 is 0. The van der Waals surface area contributed by atoms with Crippen molar-refractivity contribution < 1.29 is 4.79 Å². The zero-order valence-electron chi connectivity index (χ0n) is 12.4. The number of carbonyl (C=O) groups excluding carboxylic acids is 1. The number of aryl methyl sites for hydroxylation is 2. The molecule has 1 aliphatic rings. The van der Waals surface area contributed by atoms with Crippen molar-refractivity contribution in [3.63, 3.8) is 0 Å². The smallest absolute Gasteiger partial charge is 0.251 e. The maximum absolute atomic E-state index is 12.4. The van der Waals surface area contributed by atoms with Crippen LogP contribution in [0.15, 0.2) is 48.5 Å². The van der Waals surface area contributed by atoms with E-state index in [1.165, 1.54) is 24.0 Å². The van der Waals surface area contributed by atoms with Crippen molar-refractivity contribution in [1.82, 2.24) is 5.32 Å².